The summed E-state index contributed by atoms with van der Waals surface area (Å²) >= 11 is 1.50. The molecule has 6 nitrogen and oxygen atoms in total. The molecule has 7 heteroatoms. The highest BCUT2D eigenvalue weighted by Gasteiger charge is 2.40. The summed E-state index contributed by atoms with van der Waals surface area (Å²) < 4.78 is 1.69. The van der Waals surface area contributed by atoms with Crippen LogP contribution in [0.25, 0.3) is 10.2 Å². The third-order valence-electron chi connectivity index (χ3n) is 5.48. The lowest BCUT2D eigenvalue weighted by Gasteiger charge is -2.36. The Bertz CT molecular complexity index is 804. The van der Waals surface area contributed by atoms with Gasteiger partial charge in [0.05, 0.1) is 11.7 Å². The Balaban J connectivity index is 1.29. The Morgan fingerprint density at radius 1 is 1.38 bits per heavy atom. The number of hydrogen-bond acceptors (Lipinski definition) is 5. The fraction of sp³-hybridized carbons (Fsp3) is 0.588. The summed E-state index contributed by atoms with van der Waals surface area (Å²) in [7, 11) is 0. The van der Waals surface area contributed by atoms with Gasteiger partial charge in [-0.05, 0) is 42.5 Å². The molecule has 0 bridgehead atoms. The van der Waals surface area contributed by atoms with Crippen LogP contribution in [0.2, 0.25) is 0 Å². The highest BCUT2D eigenvalue weighted by molar-refractivity contribution is 7.16. The molecule has 1 aliphatic carbocycles. The van der Waals surface area contributed by atoms with Crippen molar-refractivity contribution in [3.05, 3.63) is 28.1 Å². The molecule has 2 N–H and O–H groups in total. The summed E-state index contributed by atoms with van der Waals surface area (Å²) in [5.74, 6) is 0.206. The van der Waals surface area contributed by atoms with Gasteiger partial charge in [-0.25, -0.2) is 4.98 Å². The van der Waals surface area contributed by atoms with E-state index in [1.165, 1.54) is 11.3 Å². The second-order valence-electron chi connectivity index (χ2n) is 7.06. The number of nitrogens with one attached hydrogen (secondary N) is 2. The van der Waals surface area contributed by atoms with Crippen molar-refractivity contribution in [2.75, 3.05) is 13.1 Å². The van der Waals surface area contributed by atoms with Gasteiger partial charge in [-0.2, -0.15) is 0 Å². The van der Waals surface area contributed by atoms with Crippen LogP contribution in [0.15, 0.2) is 22.6 Å². The Morgan fingerprint density at radius 3 is 2.96 bits per heavy atom. The predicted molar refractivity (Wildman–Crippen MR) is 94.2 cm³/mol. The molecule has 0 aromatic carbocycles. The minimum absolute atomic E-state index is 0.0428. The van der Waals surface area contributed by atoms with Crippen LogP contribution in [-0.4, -0.2) is 34.6 Å². The van der Waals surface area contributed by atoms with Crippen LogP contribution in [0.4, 0.5) is 0 Å². The lowest BCUT2D eigenvalue weighted by Crippen LogP contribution is -2.40. The first-order chi connectivity index (χ1) is 11.7. The zero-order valence-corrected chi connectivity index (χ0v) is 14.4. The molecule has 4 rings (SSSR count). The number of carbonyl (C=O) groups is 1. The first kappa shape index (κ1) is 15.8. The molecule has 1 aliphatic heterocycles. The molecule has 1 saturated heterocycles. The standard InChI is InChI=1S/C17H22N4O2S/c22-14-9-17(10-19-14)4-1-12(2-5-17)18-6-7-21-11-20-15-13(16(21)23)3-8-24-15/h3,8,11-12,18H,1-2,4-7,9-10H2,(H,19,22). The summed E-state index contributed by atoms with van der Waals surface area (Å²) in [4.78, 5) is 28.9. The van der Waals surface area contributed by atoms with Crippen molar-refractivity contribution in [3.63, 3.8) is 0 Å². The van der Waals surface area contributed by atoms with E-state index in [2.05, 4.69) is 15.6 Å². The molecule has 1 amide bonds. The summed E-state index contributed by atoms with van der Waals surface area (Å²) in [5.41, 5.74) is 0.251. The molecule has 2 aromatic rings. The largest absolute Gasteiger partial charge is 0.356 e. The van der Waals surface area contributed by atoms with Gasteiger partial charge >= 0.3 is 0 Å². The Labute approximate surface area is 144 Å². The average Bonchev–Trinajstić information content (AvgIpc) is 3.19. The van der Waals surface area contributed by atoms with E-state index in [4.69, 9.17) is 0 Å². The SMILES string of the molecule is O=C1CC2(CCC(NCCn3cnc4sccc4c3=O)CC2)CN1. The Morgan fingerprint density at radius 2 is 2.21 bits per heavy atom. The number of aromatic nitrogens is 2. The smallest absolute Gasteiger partial charge is 0.262 e. The highest BCUT2D eigenvalue weighted by Crippen LogP contribution is 2.41. The molecule has 0 atom stereocenters. The van der Waals surface area contributed by atoms with E-state index >= 15 is 0 Å². The van der Waals surface area contributed by atoms with Crippen LogP contribution in [0.3, 0.4) is 0 Å². The maximum Gasteiger partial charge on any atom is 0.262 e. The topological polar surface area (TPSA) is 76.0 Å². The van der Waals surface area contributed by atoms with Crippen molar-refractivity contribution in [2.45, 2.75) is 44.7 Å². The van der Waals surface area contributed by atoms with Gasteiger partial charge in [-0.1, -0.05) is 0 Å². The van der Waals surface area contributed by atoms with Crippen LogP contribution in [0.5, 0.6) is 0 Å². The third-order valence-corrected chi connectivity index (χ3v) is 6.30. The van der Waals surface area contributed by atoms with Gasteiger partial charge in [-0.15, -0.1) is 11.3 Å². The van der Waals surface area contributed by atoms with E-state index in [1.54, 1.807) is 10.9 Å². The van der Waals surface area contributed by atoms with E-state index in [1.807, 2.05) is 11.4 Å². The van der Waals surface area contributed by atoms with Gasteiger partial charge in [0.1, 0.15) is 4.83 Å². The van der Waals surface area contributed by atoms with E-state index in [0.29, 0.717) is 24.4 Å². The molecule has 1 spiro atoms. The first-order valence-corrected chi connectivity index (χ1v) is 9.46. The van der Waals surface area contributed by atoms with Crippen LogP contribution < -0.4 is 16.2 Å². The van der Waals surface area contributed by atoms with Crippen molar-refractivity contribution < 1.29 is 4.79 Å². The lowest BCUT2D eigenvalue weighted by atomic mass is 9.72. The summed E-state index contributed by atoms with van der Waals surface area (Å²) in [5, 5.41) is 9.15. The van der Waals surface area contributed by atoms with Crippen molar-refractivity contribution in [2.24, 2.45) is 5.41 Å². The summed E-state index contributed by atoms with van der Waals surface area (Å²) in [6, 6.07) is 2.33. The van der Waals surface area contributed by atoms with E-state index in [9.17, 15) is 9.59 Å². The minimum atomic E-state index is 0.0428. The van der Waals surface area contributed by atoms with Gasteiger partial charge in [-0.3, -0.25) is 14.2 Å². The zero-order valence-electron chi connectivity index (χ0n) is 13.6. The number of carbonyl (C=O) groups excluding carboxylic acids is 1. The lowest BCUT2D eigenvalue weighted by molar-refractivity contribution is -0.119. The van der Waals surface area contributed by atoms with Gasteiger partial charge in [0.15, 0.2) is 0 Å². The highest BCUT2D eigenvalue weighted by atomic mass is 32.1. The normalized spacial score (nSPS) is 27.0. The van der Waals surface area contributed by atoms with Crippen LogP contribution >= 0.6 is 11.3 Å². The number of hydrogen-bond donors (Lipinski definition) is 2. The molecule has 24 heavy (non-hydrogen) atoms. The van der Waals surface area contributed by atoms with Gasteiger partial charge < -0.3 is 10.6 Å². The molecule has 0 radical (unpaired) electrons. The fourth-order valence-corrected chi connectivity index (χ4v) is 4.70. The zero-order chi connectivity index (χ0) is 16.6. The third kappa shape index (κ3) is 2.98. The molecular formula is C17H22N4O2S. The molecule has 0 unspecified atom stereocenters. The van der Waals surface area contributed by atoms with Crippen LogP contribution in [-0.2, 0) is 11.3 Å². The van der Waals surface area contributed by atoms with Crippen LogP contribution in [0.1, 0.15) is 32.1 Å². The van der Waals surface area contributed by atoms with Crippen molar-refractivity contribution in [1.82, 2.24) is 20.2 Å². The maximum atomic E-state index is 12.3. The van der Waals surface area contributed by atoms with Gasteiger partial charge in [0, 0.05) is 32.1 Å². The molecular weight excluding hydrogens is 324 g/mol. The molecule has 1 saturated carbocycles. The average molecular weight is 346 g/mol. The van der Waals surface area contributed by atoms with Gasteiger partial charge in [0.25, 0.3) is 5.56 Å². The molecule has 2 aliphatic rings. The second kappa shape index (κ2) is 6.29. The molecule has 128 valence electrons. The van der Waals surface area contributed by atoms with Crippen molar-refractivity contribution in [1.29, 1.82) is 0 Å². The van der Waals surface area contributed by atoms with E-state index < -0.39 is 0 Å². The number of thiophene rings is 1. The van der Waals surface area contributed by atoms with Crippen molar-refractivity contribution >= 4 is 27.5 Å². The number of rotatable bonds is 4. The molecule has 3 heterocycles. The maximum absolute atomic E-state index is 12.3. The van der Waals surface area contributed by atoms with E-state index in [0.717, 1.165) is 43.6 Å². The Kier molecular flexibility index (Phi) is 4.14. The predicted octanol–water partition coefficient (Wildman–Crippen LogP) is 1.50. The van der Waals surface area contributed by atoms with Gasteiger partial charge in [0.2, 0.25) is 5.91 Å². The molecule has 2 fully saturated rings. The quantitative estimate of drug-likeness (QED) is 0.880. The number of fused-ring (bicyclic) bond motifs is 1. The Hall–Kier alpha value is -1.73. The monoisotopic (exact) mass is 346 g/mol. The molecule has 2 aromatic heterocycles. The number of amides is 1. The minimum Gasteiger partial charge on any atom is -0.356 e. The fourth-order valence-electron chi connectivity index (χ4n) is 3.98. The summed E-state index contributed by atoms with van der Waals surface area (Å²) in [6.45, 7) is 2.26. The first-order valence-electron chi connectivity index (χ1n) is 8.58. The second-order valence-corrected chi connectivity index (χ2v) is 7.96. The van der Waals surface area contributed by atoms with E-state index in [-0.39, 0.29) is 16.9 Å². The number of nitrogens with zero attached hydrogens (tertiary/aromatic N) is 2. The van der Waals surface area contributed by atoms with Crippen LogP contribution in [0, 0.1) is 5.41 Å². The summed E-state index contributed by atoms with van der Waals surface area (Å²) in [6.07, 6.45) is 6.75. The van der Waals surface area contributed by atoms with Crippen molar-refractivity contribution in [3.8, 4) is 0 Å².